The highest BCUT2D eigenvalue weighted by Gasteiger charge is 2.17. The molecule has 8 heteroatoms. The number of benzene rings is 1. The Labute approximate surface area is 145 Å². The number of nitrogens with one attached hydrogen (secondary N) is 1. The van der Waals surface area contributed by atoms with E-state index in [4.69, 9.17) is 0 Å². The Morgan fingerprint density at radius 2 is 2.13 bits per heavy atom. The summed E-state index contributed by atoms with van der Waals surface area (Å²) < 4.78 is 29.5. The minimum Gasteiger partial charge on any atom is -0.302 e. The first-order valence-electron chi connectivity index (χ1n) is 7.84. The van der Waals surface area contributed by atoms with Crippen molar-refractivity contribution in [2.24, 2.45) is 0 Å². The van der Waals surface area contributed by atoms with Crippen molar-refractivity contribution in [1.29, 1.82) is 0 Å². The van der Waals surface area contributed by atoms with E-state index in [0.29, 0.717) is 11.4 Å². The lowest BCUT2D eigenvalue weighted by atomic mass is 10.3. The van der Waals surface area contributed by atoms with E-state index in [-0.39, 0.29) is 0 Å². The van der Waals surface area contributed by atoms with Gasteiger partial charge < -0.3 is 4.90 Å². The van der Waals surface area contributed by atoms with Crippen molar-refractivity contribution in [3.63, 3.8) is 0 Å². The van der Waals surface area contributed by atoms with Gasteiger partial charge >= 0.3 is 0 Å². The van der Waals surface area contributed by atoms with E-state index < -0.39 is 10.0 Å². The minimum absolute atomic E-state index is 0.322. The molecule has 1 aliphatic heterocycles. The molecule has 0 bridgehead atoms. The van der Waals surface area contributed by atoms with Crippen LogP contribution in [0.1, 0.15) is 19.8 Å². The van der Waals surface area contributed by atoms with Crippen molar-refractivity contribution >= 4 is 43.3 Å². The smallest absolute Gasteiger partial charge is 0.240 e. The molecule has 5 nitrogen and oxygen atoms in total. The molecule has 1 aromatic heterocycles. The lowest BCUT2D eigenvalue weighted by molar-refractivity contribution is 0.344. The molecule has 2 heterocycles. The van der Waals surface area contributed by atoms with E-state index in [9.17, 15) is 8.42 Å². The maximum atomic E-state index is 12.4. The zero-order valence-corrected chi connectivity index (χ0v) is 15.6. The maximum Gasteiger partial charge on any atom is 0.240 e. The van der Waals surface area contributed by atoms with Gasteiger partial charge in [0.1, 0.15) is 0 Å². The molecule has 3 rings (SSSR count). The molecule has 0 aliphatic carbocycles. The number of aromatic nitrogens is 1. The van der Waals surface area contributed by atoms with Crippen LogP contribution in [0.15, 0.2) is 27.4 Å². The third-order valence-electron chi connectivity index (χ3n) is 3.84. The van der Waals surface area contributed by atoms with Crippen LogP contribution in [0.5, 0.6) is 0 Å². The number of rotatable bonds is 7. The molecule has 2 aromatic rings. The maximum absolute atomic E-state index is 12.4. The van der Waals surface area contributed by atoms with E-state index in [2.05, 4.69) is 21.5 Å². The zero-order valence-electron chi connectivity index (χ0n) is 13.1. The van der Waals surface area contributed by atoms with E-state index in [0.717, 1.165) is 39.9 Å². The lowest BCUT2D eigenvalue weighted by Gasteiger charge is -2.14. The van der Waals surface area contributed by atoms with E-state index in [1.54, 1.807) is 41.3 Å². The number of fused-ring (bicyclic) bond motifs is 1. The van der Waals surface area contributed by atoms with Gasteiger partial charge in [-0.1, -0.05) is 18.7 Å². The van der Waals surface area contributed by atoms with Crippen LogP contribution in [0.2, 0.25) is 0 Å². The number of hydrogen-bond acceptors (Lipinski definition) is 6. The minimum atomic E-state index is -3.45. The van der Waals surface area contributed by atoms with Crippen LogP contribution in [0.3, 0.4) is 0 Å². The van der Waals surface area contributed by atoms with Crippen LogP contribution < -0.4 is 4.72 Å². The molecule has 1 N–H and O–H groups in total. The quantitative estimate of drug-likeness (QED) is 0.758. The summed E-state index contributed by atoms with van der Waals surface area (Å²) in [6, 6.07) is 5.16. The van der Waals surface area contributed by atoms with Crippen LogP contribution in [0.4, 0.5) is 0 Å². The summed E-state index contributed by atoms with van der Waals surface area (Å²) >= 11 is 3.23. The molecule has 0 radical (unpaired) electrons. The predicted molar refractivity (Wildman–Crippen MR) is 96.9 cm³/mol. The summed E-state index contributed by atoms with van der Waals surface area (Å²) in [6.07, 6.45) is 2.43. The molecule has 0 unspecified atom stereocenters. The Balaban J connectivity index is 1.69. The second-order valence-electron chi connectivity index (χ2n) is 5.49. The van der Waals surface area contributed by atoms with Gasteiger partial charge in [0.05, 0.1) is 15.1 Å². The molecule has 1 saturated heterocycles. The molecule has 1 aromatic carbocycles. The fourth-order valence-electron chi connectivity index (χ4n) is 2.66. The number of nitrogens with zero attached hydrogens (tertiary/aromatic N) is 2. The zero-order chi connectivity index (χ0) is 16.3. The van der Waals surface area contributed by atoms with Gasteiger partial charge in [-0.05, 0) is 49.9 Å². The molecular formula is C15H21N3O2S3. The number of likely N-dealkylation sites (tertiary alicyclic amines) is 1. The van der Waals surface area contributed by atoms with Crippen molar-refractivity contribution in [1.82, 2.24) is 14.6 Å². The van der Waals surface area contributed by atoms with Gasteiger partial charge in [-0.2, -0.15) is 0 Å². The van der Waals surface area contributed by atoms with E-state index in [1.807, 2.05) is 0 Å². The fourth-order valence-corrected chi connectivity index (χ4v) is 5.79. The summed E-state index contributed by atoms with van der Waals surface area (Å²) in [7, 11) is -3.45. The van der Waals surface area contributed by atoms with Gasteiger partial charge in [0.25, 0.3) is 0 Å². The molecule has 0 spiro atoms. The number of sulfonamides is 1. The average Bonchev–Trinajstić information content (AvgIpc) is 3.15. The Morgan fingerprint density at radius 1 is 1.35 bits per heavy atom. The van der Waals surface area contributed by atoms with Crippen LogP contribution in [0.25, 0.3) is 10.2 Å². The van der Waals surface area contributed by atoms with E-state index >= 15 is 0 Å². The topological polar surface area (TPSA) is 62.3 Å². The molecule has 126 valence electrons. The van der Waals surface area contributed by atoms with Gasteiger partial charge in [0, 0.05) is 13.1 Å². The summed E-state index contributed by atoms with van der Waals surface area (Å²) in [4.78, 5) is 7.12. The standard InChI is InChI=1S/C15H21N3O2S3/c1-2-21-15-17-13-6-5-12(11-14(13)22-15)23(19,20)16-7-10-18-8-3-4-9-18/h5-6,11,16H,2-4,7-10H2,1H3. The second-order valence-corrected chi connectivity index (χ2v) is 9.80. The Kier molecular flexibility index (Phi) is 5.58. The van der Waals surface area contributed by atoms with Crippen LogP contribution >= 0.6 is 23.1 Å². The largest absolute Gasteiger partial charge is 0.302 e. The summed E-state index contributed by atoms with van der Waals surface area (Å²) in [6.45, 7) is 5.47. The molecule has 23 heavy (non-hydrogen) atoms. The highest BCUT2D eigenvalue weighted by Crippen LogP contribution is 2.30. The number of thioether (sulfide) groups is 1. The predicted octanol–water partition coefficient (Wildman–Crippen LogP) is 2.78. The van der Waals surface area contributed by atoms with Gasteiger partial charge in [0.2, 0.25) is 10.0 Å². The molecule has 1 aliphatic rings. The van der Waals surface area contributed by atoms with Crippen LogP contribution in [-0.4, -0.2) is 50.2 Å². The van der Waals surface area contributed by atoms with E-state index in [1.165, 1.54) is 12.8 Å². The Bertz CT molecular complexity index is 767. The van der Waals surface area contributed by atoms with Crippen molar-refractivity contribution in [3.8, 4) is 0 Å². The third-order valence-corrected chi connectivity index (χ3v) is 7.34. The molecule has 0 amide bonds. The first-order chi connectivity index (χ1) is 11.1. The van der Waals surface area contributed by atoms with Gasteiger partial charge in [-0.15, -0.1) is 11.3 Å². The van der Waals surface area contributed by atoms with Crippen LogP contribution in [-0.2, 0) is 10.0 Å². The average molecular weight is 372 g/mol. The highest BCUT2D eigenvalue weighted by atomic mass is 32.2. The summed E-state index contributed by atoms with van der Waals surface area (Å²) in [5, 5.41) is 0. The lowest BCUT2D eigenvalue weighted by Crippen LogP contribution is -2.33. The second kappa shape index (κ2) is 7.48. The normalized spacial score (nSPS) is 16.4. The number of hydrogen-bond donors (Lipinski definition) is 1. The summed E-state index contributed by atoms with van der Waals surface area (Å²) in [5.74, 6) is 0.961. The van der Waals surface area contributed by atoms with Crippen molar-refractivity contribution < 1.29 is 8.42 Å². The van der Waals surface area contributed by atoms with Crippen molar-refractivity contribution in [3.05, 3.63) is 18.2 Å². The Hall–Kier alpha value is -0.670. The fraction of sp³-hybridized carbons (Fsp3) is 0.533. The monoisotopic (exact) mass is 371 g/mol. The summed E-state index contributed by atoms with van der Waals surface area (Å²) in [5.41, 5.74) is 0.863. The van der Waals surface area contributed by atoms with Crippen LogP contribution in [0, 0.1) is 0 Å². The first kappa shape index (κ1) is 17.2. The van der Waals surface area contributed by atoms with Gasteiger partial charge in [0.15, 0.2) is 4.34 Å². The highest BCUT2D eigenvalue weighted by molar-refractivity contribution is 8.01. The van der Waals surface area contributed by atoms with Gasteiger partial charge in [-0.25, -0.2) is 18.1 Å². The Morgan fingerprint density at radius 3 is 2.87 bits per heavy atom. The first-order valence-corrected chi connectivity index (χ1v) is 11.1. The number of thiazole rings is 1. The van der Waals surface area contributed by atoms with Crippen molar-refractivity contribution in [2.45, 2.75) is 29.0 Å². The van der Waals surface area contributed by atoms with Gasteiger partial charge in [-0.3, -0.25) is 0 Å². The SMILES string of the molecule is CCSc1nc2ccc(S(=O)(=O)NCCN3CCCC3)cc2s1. The molecule has 0 atom stereocenters. The molecular weight excluding hydrogens is 350 g/mol. The molecule has 0 saturated carbocycles. The van der Waals surface area contributed by atoms with Crippen molar-refractivity contribution in [2.75, 3.05) is 31.9 Å². The third kappa shape index (κ3) is 4.24. The molecule has 1 fully saturated rings.